The molecule has 1 atom stereocenters. The maximum atomic E-state index is 12.2. The second-order valence-corrected chi connectivity index (χ2v) is 7.42. The van der Waals surface area contributed by atoms with Gasteiger partial charge in [-0.05, 0) is 31.0 Å². The van der Waals surface area contributed by atoms with Gasteiger partial charge in [0.25, 0.3) is 0 Å². The molecule has 0 saturated heterocycles. The van der Waals surface area contributed by atoms with E-state index in [0.717, 1.165) is 5.69 Å². The van der Waals surface area contributed by atoms with Crippen LogP contribution in [0.25, 0.3) is 5.69 Å². The zero-order valence-corrected chi connectivity index (χ0v) is 15.6. The first kappa shape index (κ1) is 19.0. The average molecular weight is 361 g/mol. The molecular formula is C17H23N5O2S. The molecule has 0 radical (unpaired) electrons. The summed E-state index contributed by atoms with van der Waals surface area (Å²) >= 11 is 1.34. The zero-order valence-electron chi connectivity index (χ0n) is 14.8. The van der Waals surface area contributed by atoms with Crippen LogP contribution in [0.1, 0.15) is 27.7 Å². The van der Waals surface area contributed by atoms with Gasteiger partial charge in [-0.1, -0.05) is 31.7 Å². The molecule has 0 bridgehead atoms. The number of hydrogen-bond donors (Lipinski definition) is 2. The van der Waals surface area contributed by atoms with Crippen molar-refractivity contribution in [2.75, 3.05) is 11.9 Å². The van der Waals surface area contributed by atoms with Crippen molar-refractivity contribution >= 4 is 29.3 Å². The molecule has 1 aromatic carbocycles. The third-order valence-electron chi connectivity index (χ3n) is 3.30. The number of thioether (sulfide) groups is 1. The number of amides is 2. The highest BCUT2D eigenvalue weighted by Crippen LogP contribution is 2.25. The SMILES string of the molecule is CC(=O)Nc1cccc(-n2cnnc2SC(C)C(=O)NCC(C)C)c1. The topological polar surface area (TPSA) is 88.9 Å². The van der Waals surface area contributed by atoms with Gasteiger partial charge in [-0.2, -0.15) is 0 Å². The molecule has 2 aromatic rings. The van der Waals surface area contributed by atoms with Crippen molar-refractivity contribution in [3.63, 3.8) is 0 Å². The normalized spacial score (nSPS) is 12.0. The van der Waals surface area contributed by atoms with E-state index >= 15 is 0 Å². The highest BCUT2D eigenvalue weighted by atomic mass is 32.2. The molecule has 2 N–H and O–H groups in total. The molecule has 1 heterocycles. The summed E-state index contributed by atoms with van der Waals surface area (Å²) in [5.74, 6) is 0.243. The standard InChI is InChI=1S/C17H23N5O2S/c1-11(2)9-18-16(24)12(3)25-17-21-19-10-22(17)15-7-5-6-14(8-15)20-13(4)23/h5-8,10-12H,9H2,1-4H3,(H,18,24)(H,20,23). The molecule has 2 amide bonds. The van der Waals surface area contributed by atoms with Gasteiger partial charge in [-0.3, -0.25) is 14.2 Å². The predicted octanol–water partition coefficient (Wildman–Crippen LogP) is 2.48. The highest BCUT2D eigenvalue weighted by molar-refractivity contribution is 8.00. The van der Waals surface area contributed by atoms with Crippen LogP contribution in [0, 0.1) is 5.92 Å². The summed E-state index contributed by atoms with van der Waals surface area (Å²) in [6.07, 6.45) is 1.59. The minimum absolute atomic E-state index is 0.0275. The van der Waals surface area contributed by atoms with Crippen LogP contribution in [0.4, 0.5) is 5.69 Å². The molecular weight excluding hydrogens is 338 g/mol. The van der Waals surface area contributed by atoms with Crippen LogP contribution in [0.3, 0.4) is 0 Å². The van der Waals surface area contributed by atoms with Crippen LogP contribution in [0.15, 0.2) is 35.7 Å². The molecule has 0 spiro atoms. The Labute approximate surface area is 151 Å². The molecule has 0 aliphatic rings. The van der Waals surface area contributed by atoms with Crippen molar-refractivity contribution in [3.05, 3.63) is 30.6 Å². The van der Waals surface area contributed by atoms with E-state index in [4.69, 9.17) is 0 Å². The van der Waals surface area contributed by atoms with Gasteiger partial charge in [0, 0.05) is 19.2 Å². The summed E-state index contributed by atoms with van der Waals surface area (Å²) in [6.45, 7) is 8.06. The molecule has 2 rings (SSSR count). The van der Waals surface area contributed by atoms with Gasteiger partial charge >= 0.3 is 0 Å². The average Bonchev–Trinajstić information content (AvgIpc) is 3.00. The van der Waals surface area contributed by atoms with Crippen molar-refractivity contribution < 1.29 is 9.59 Å². The molecule has 0 aliphatic carbocycles. The van der Waals surface area contributed by atoms with E-state index in [9.17, 15) is 9.59 Å². The minimum atomic E-state index is -0.291. The Morgan fingerprint density at radius 3 is 2.72 bits per heavy atom. The van der Waals surface area contributed by atoms with Crippen LogP contribution in [0.2, 0.25) is 0 Å². The lowest BCUT2D eigenvalue weighted by atomic mass is 10.2. The van der Waals surface area contributed by atoms with Crippen LogP contribution in [-0.2, 0) is 9.59 Å². The van der Waals surface area contributed by atoms with Gasteiger partial charge in [-0.25, -0.2) is 0 Å². The molecule has 1 aromatic heterocycles. The molecule has 0 saturated carbocycles. The first-order valence-corrected chi connectivity index (χ1v) is 8.97. The number of benzene rings is 1. The zero-order chi connectivity index (χ0) is 18.4. The Bertz CT molecular complexity index is 744. The fourth-order valence-corrected chi connectivity index (χ4v) is 2.95. The van der Waals surface area contributed by atoms with Crippen LogP contribution in [0.5, 0.6) is 0 Å². The van der Waals surface area contributed by atoms with Crippen molar-refractivity contribution in [2.45, 2.75) is 38.1 Å². The van der Waals surface area contributed by atoms with Crippen molar-refractivity contribution in [1.29, 1.82) is 0 Å². The predicted molar refractivity (Wildman–Crippen MR) is 98.8 cm³/mol. The third kappa shape index (κ3) is 5.60. The summed E-state index contributed by atoms with van der Waals surface area (Å²) < 4.78 is 1.79. The lowest BCUT2D eigenvalue weighted by Crippen LogP contribution is -2.33. The second kappa shape index (κ2) is 8.66. The maximum absolute atomic E-state index is 12.2. The number of carbonyl (C=O) groups is 2. The largest absolute Gasteiger partial charge is 0.355 e. The molecule has 0 fully saturated rings. The maximum Gasteiger partial charge on any atom is 0.233 e. The van der Waals surface area contributed by atoms with Crippen molar-refractivity contribution in [2.24, 2.45) is 5.92 Å². The molecule has 7 nitrogen and oxygen atoms in total. The number of hydrogen-bond acceptors (Lipinski definition) is 5. The molecule has 25 heavy (non-hydrogen) atoms. The lowest BCUT2D eigenvalue weighted by molar-refractivity contribution is -0.120. The second-order valence-electron chi connectivity index (χ2n) is 6.11. The Kier molecular flexibility index (Phi) is 6.58. The van der Waals surface area contributed by atoms with E-state index in [0.29, 0.717) is 23.3 Å². The van der Waals surface area contributed by atoms with Crippen LogP contribution < -0.4 is 10.6 Å². The van der Waals surface area contributed by atoms with Crippen LogP contribution >= 0.6 is 11.8 Å². The summed E-state index contributed by atoms with van der Waals surface area (Å²) in [5, 5.41) is 14.1. The quantitative estimate of drug-likeness (QED) is 0.740. The van der Waals surface area contributed by atoms with Gasteiger partial charge < -0.3 is 10.6 Å². The summed E-state index contributed by atoms with van der Waals surface area (Å²) in [6, 6.07) is 7.37. The fraction of sp³-hybridized carbons (Fsp3) is 0.412. The van der Waals surface area contributed by atoms with E-state index in [1.807, 2.05) is 31.2 Å². The van der Waals surface area contributed by atoms with Gasteiger partial charge in [0.15, 0.2) is 5.16 Å². The summed E-state index contributed by atoms with van der Waals surface area (Å²) in [4.78, 5) is 23.4. The molecule has 134 valence electrons. The Balaban J connectivity index is 2.12. The number of anilines is 1. The van der Waals surface area contributed by atoms with Crippen molar-refractivity contribution in [3.8, 4) is 5.69 Å². The Morgan fingerprint density at radius 1 is 1.28 bits per heavy atom. The lowest BCUT2D eigenvalue weighted by Gasteiger charge is -2.14. The fourth-order valence-electron chi connectivity index (χ4n) is 2.08. The highest BCUT2D eigenvalue weighted by Gasteiger charge is 2.18. The number of nitrogens with one attached hydrogen (secondary N) is 2. The number of nitrogens with zero attached hydrogens (tertiary/aromatic N) is 3. The smallest absolute Gasteiger partial charge is 0.233 e. The molecule has 0 aliphatic heterocycles. The Morgan fingerprint density at radius 2 is 2.04 bits per heavy atom. The Hall–Kier alpha value is -2.35. The summed E-state index contributed by atoms with van der Waals surface area (Å²) in [5.41, 5.74) is 1.51. The van der Waals surface area contributed by atoms with E-state index in [1.54, 1.807) is 10.9 Å². The van der Waals surface area contributed by atoms with E-state index in [-0.39, 0.29) is 17.1 Å². The monoisotopic (exact) mass is 361 g/mol. The number of aromatic nitrogens is 3. The van der Waals surface area contributed by atoms with Gasteiger partial charge in [0.05, 0.1) is 10.9 Å². The van der Waals surface area contributed by atoms with E-state index in [1.165, 1.54) is 18.7 Å². The minimum Gasteiger partial charge on any atom is -0.355 e. The van der Waals surface area contributed by atoms with Gasteiger partial charge in [0.1, 0.15) is 6.33 Å². The first-order valence-electron chi connectivity index (χ1n) is 8.09. The van der Waals surface area contributed by atoms with Gasteiger partial charge in [-0.15, -0.1) is 10.2 Å². The molecule has 1 unspecified atom stereocenters. The number of carbonyl (C=O) groups excluding carboxylic acids is 2. The third-order valence-corrected chi connectivity index (χ3v) is 4.35. The summed E-state index contributed by atoms with van der Waals surface area (Å²) in [7, 11) is 0. The van der Waals surface area contributed by atoms with Crippen molar-refractivity contribution in [1.82, 2.24) is 20.1 Å². The van der Waals surface area contributed by atoms with Gasteiger partial charge in [0.2, 0.25) is 11.8 Å². The van der Waals surface area contributed by atoms with E-state index in [2.05, 4.69) is 34.7 Å². The number of rotatable bonds is 7. The first-order chi connectivity index (χ1) is 11.9. The van der Waals surface area contributed by atoms with Crippen LogP contribution in [-0.4, -0.2) is 38.4 Å². The molecule has 8 heteroatoms. The van der Waals surface area contributed by atoms with E-state index < -0.39 is 0 Å².